The van der Waals surface area contributed by atoms with Crippen LogP contribution in [0.1, 0.15) is 24.1 Å². The topological polar surface area (TPSA) is 24.9 Å². The first-order valence-electron chi connectivity index (χ1n) is 6.39. The number of benzene rings is 1. The fourth-order valence-electron chi connectivity index (χ4n) is 2.12. The molecule has 1 aromatic heterocycles. The summed E-state index contributed by atoms with van der Waals surface area (Å²) < 4.78 is 27.3. The smallest absolute Gasteiger partial charge is 0.163 e. The molecule has 0 aliphatic carbocycles. The minimum Gasteiger partial charge on any atom is -0.310 e. The van der Waals surface area contributed by atoms with Crippen molar-refractivity contribution in [3.05, 3.63) is 64.4 Å². The van der Waals surface area contributed by atoms with Gasteiger partial charge in [-0.05, 0) is 30.7 Å². The van der Waals surface area contributed by atoms with Gasteiger partial charge in [-0.25, -0.2) is 8.78 Å². The van der Waals surface area contributed by atoms with Crippen LogP contribution in [0.2, 0.25) is 5.02 Å². The lowest BCUT2D eigenvalue weighted by Gasteiger charge is -2.19. The van der Waals surface area contributed by atoms with Gasteiger partial charge in [0.1, 0.15) is 0 Å². The van der Waals surface area contributed by atoms with E-state index in [0.717, 1.165) is 11.6 Å². The zero-order chi connectivity index (χ0) is 14.5. The minimum atomic E-state index is -0.841. The Hall–Kier alpha value is -1.52. The van der Waals surface area contributed by atoms with Crippen molar-refractivity contribution in [1.82, 2.24) is 10.3 Å². The van der Waals surface area contributed by atoms with Gasteiger partial charge in [-0.3, -0.25) is 4.98 Å². The summed E-state index contributed by atoms with van der Waals surface area (Å²) in [6.45, 7) is 2.56. The third kappa shape index (κ3) is 3.32. The fraction of sp³-hybridized carbons (Fsp3) is 0.267. The summed E-state index contributed by atoms with van der Waals surface area (Å²) in [6.07, 6.45) is 3.64. The molecule has 1 heterocycles. The summed E-state index contributed by atoms with van der Waals surface area (Å²) in [7, 11) is 0. The number of nitrogens with one attached hydrogen (secondary N) is 1. The van der Waals surface area contributed by atoms with Gasteiger partial charge in [0.15, 0.2) is 11.6 Å². The zero-order valence-corrected chi connectivity index (χ0v) is 11.8. The summed E-state index contributed by atoms with van der Waals surface area (Å²) in [4.78, 5) is 3.92. The number of halogens is 3. The summed E-state index contributed by atoms with van der Waals surface area (Å²) >= 11 is 6.07. The van der Waals surface area contributed by atoms with E-state index in [1.165, 1.54) is 6.07 Å². The first-order valence-corrected chi connectivity index (χ1v) is 6.77. The maximum Gasteiger partial charge on any atom is 0.163 e. The van der Waals surface area contributed by atoms with E-state index < -0.39 is 11.6 Å². The van der Waals surface area contributed by atoms with E-state index in [-0.39, 0.29) is 6.04 Å². The van der Waals surface area contributed by atoms with Crippen LogP contribution in [0.4, 0.5) is 8.78 Å². The highest BCUT2D eigenvalue weighted by molar-refractivity contribution is 6.31. The lowest BCUT2D eigenvalue weighted by Crippen LogP contribution is -2.24. The molecule has 2 aromatic rings. The van der Waals surface area contributed by atoms with Crippen molar-refractivity contribution in [2.24, 2.45) is 0 Å². The molecule has 5 heteroatoms. The molecule has 0 saturated carbocycles. The number of rotatable bonds is 5. The van der Waals surface area contributed by atoms with Gasteiger partial charge < -0.3 is 5.32 Å². The highest BCUT2D eigenvalue weighted by Gasteiger charge is 2.18. The molecule has 1 unspecified atom stereocenters. The Morgan fingerprint density at radius 3 is 2.80 bits per heavy atom. The second-order valence-corrected chi connectivity index (χ2v) is 4.83. The second kappa shape index (κ2) is 6.77. The van der Waals surface area contributed by atoms with Crippen LogP contribution < -0.4 is 5.32 Å². The van der Waals surface area contributed by atoms with Gasteiger partial charge >= 0.3 is 0 Å². The molecule has 0 amide bonds. The molecule has 0 aliphatic heterocycles. The van der Waals surface area contributed by atoms with Crippen LogP contribution in [-0.2, 0) is 6.42 Å². The minimum absolute atomic E-state index is 0.305. The van der Waals surface area contributed by atoms with Crippen molar-refractivity contribution < 1.29 is 8.78 Å². The van der Waals surface area contributed by atoms with Crippen molar-refractivity contribution in [2.45, 2.75) is 19.4 Å². The Bertz CT molecular complexity index is 590. The van der Waals surface area contributed by atoms with E-state index in [0.29, 0.717) is 23.6 Å². The van der Waals surface area contributed by atoms with Crippen molar-refractivity contribution in [3.8, 4) is 0 Å². The number of pyridine rings is 1. The second-order valence-electron chi connectivity index (χ2n) is 4.42. The largest absolute Gasteiger partial charge is 0.310 e. The van der Waals surface area contributed by atoms with Crippen LogP contribution in [0.25, 0.3) is 0 Å². The lowest BCUT2D eigenvalue weighted by molar-refractivity contribution is 0.464. The summed E-state index contributed by atoms with van der Waals surface area (Å²) in [5, 5.41) is 3.68. The van der Waals surface area contributed by atoms with E-state index in [2.05, 4.69) is 10.3 Å². The van der Waals surface area contributed by atoms with Gasteiger partial charge in [0.2, 0.25) is 0 Å². The van der Waals surface area contributed by atoms with Crippen molar-refractivity contribution >= 4 is 11.6 Å². The molecule has 1 atom stereocenters. The van der Waals surface area contributed by atoms with Crippen LogP contribution >= 0.6 is 11.6 Å². The predicted octanol–water partition coefficient (Wildman–Crippen LogP) is 3.91. The average molecular weight is 297 g/mol. The van der Waals surface area contributed by atoms with E-state index in [1.54, 1.807) is 24.5 Å². The highest BCUT2D eigenvalue weighted by Crippen LogP contribution is 2.25. The molecule has 0 radical (unpaired) electrons. The van der Waals surface area contributed by atoms with Gasteiger partial charge in [-0.15, -0.1) is 0 Å². The van der Waals surface area contributed by atoms with Gasteiger partial charge in [0, 0.05) is 24.0 Å². The molecule has 0 spiro atoms. The maximum atomic E-state index is 13.9. The summed E-state index contributed by atoms with van der Waals surface area (Å²) in [5.74, 6) is -1.66. The van der Waals surface area contributed by atoms with Crippen molar-refractivity contribution in [3.63, 3.8) is 0 Å². The quantitative estimate of drug-likeness (QED) is 0.905. The van der Waals surface area contributed by atoms with E-state index in [9.17, 15) is 8.78 Å². The van der Waals surface area contributed by atoms with Gasteiger partial charge in [-0.2, -0.15) is 0 Å². The van der Waals surface area contributed by atoms with Gasteiger partial charge in [0.05, 0.1) is 5.02 Å². The Kier molecular flexibility index (Phi) is 5.04. The molecular weight excluding hydrogens is 282 g/mol. The van der Waals surface area contributed by atoms with E-state index in [1.807, 2.05) is 6.92 Å². The SMILES string of the molecule is CCNC(Cc1ccncc1Cl)c1cccc(F)c1F. The molecule has 20 heavy (non-hydrogen) atoms. The lowest BCUT2D eigenvalue weighted by atomic mass is 9.98. The van der Waals surface area contributed by atoms with Gasteiger partial charge in [-0.1, -0.05) is 30.7 Å². The highest BCUT2D eigenvalue weighted by atomic mass is 35.5. The predicted molar refractivity (Wildman–Crippen MR) is 75.7 cm³/mol. The molecular formula is C15H15ClF2N2. The van der Waals surface area contributed by atoms with E-state index >= 15 is 0 Å². The molecule has 106 valence electrons. The molecule has 0 aliphatic rings. The fourth-order valence-corrected chi connectivity index (χ4v) is 2.31. The third-order valence-corrected chi connectivity index (χ3v) is 3.43. The van der Waals surface area contributed by atoms with Crippen LogP contribution in [0.3, 0.4) is 0 Å². The Labute approximate surface area is 121 Å². The number of nitrogens with zero attached hydrogens (tertiary/aromatic N) is 1. The van der Waals surface area contributed by atoms with Crippen molar-refractivity contribution in [1.29, 1.82) is 0 Å². The number of likely N-dealkylation sites (N-methyl/N-ethyl adjacent to an activating group) is 1. The van der Waals surface area contributed by atoms with Crippen molar-refractivity contribution in [2.75, 3.05) is 6.54 Å². The number of hydrogen-bond acceptors (Lipinski definition) is 2. The molecule has 2 nitrogen and oxygen atoms in total. The first kappa shape index (κ1) is 14.9. The van der Waals surface area contributed by atoms with E-state index in [4.69, 9.17) is 11.6 Å². The monoisotopic (exact) mass is 296 g/mol. The van der Waals surface area contributed by atoms with Crippen LogP contribution in [0.15, 0.2) is 36.7 Å². The standard InChI is InChI=1S/C15H15ClF2N2/c1-2-20-14(8-10-6-7-19-9-12(10)16)11-4-3-5-13(17)15(11)18/h3-7,9,14,20H,2,8H2,1H3. The molecule has 2 rings (SSSR count). The maximum absolute atomic E-state index is 13.9. The molecule has 1 aromatic carbocycles. The van der Waals surface area contributed by atoms with Crippen LogP contribution in [-0.4, -0.2) is 11.5 Å². The van der Waals surface area contributed by atoms with Gasteiger partial charge in [0.25, 0.3) is 0 Å². The molecule has 0 bridgehead atoms. The molecule has 0 fully saturated rings. The zero-order valence-electron chi connectivity index (χ0n) is 11.0. The van der Waals surface area contributed by atoms with Crippen LogP contribution in [0, 0.1) is 11.6 Å². The third-order valence-electron chi connectivity index (χ3n) is 3.09. The number of aromatic nitrogens is 1. The number of hydrogen-bond donors (Lipinski definition) is 1. The average Bonchev–Trinajstić information content (AvgIpc) is 2.44. The Morgan fingerprint density at radius 1 is 1.30 bits per heavy atom. The Balaban J connectivity index is 2.32. The van der Waals surface area contributed by atoms with Crippen LogP contribution in [0.5, 0.6) is 0 Å². The summed E-state index contributed by atoms with van der Waals surface area (Å²) in [5.41, 5.74) is 1.15. The molecule has 1 N–H and O–H groups in total. The first-order chi connectivity index (χ1) is 9.63. The normalized spacial score (nSPS) is 12.4. The summed E-state index contributed by atoms with van der Waals surface area (Å²) in [6, 6.07) is 5.65. The molecule has 0 saturated heterocycles. The Morgan fingerprint density at radius 2 is 2.10 bits per heavy atom.